The van der Waals surface area contributed by atoms with Gasteiger partial charge in [0.25, 0.3) is 17.7 Å². The molecule has 6 nitrogen and oxygen atoms in total. The van der Waals surface area contributed by atoms with E-state index in [0.717, 1.165) is 24.3 Å². The highest BCUT2D eigenvalue weighted by atomic mass is 16.2. The lowest BCUT2D eigenvalue weighted by molar-refractivity contribution is 0.0693. The van der Waals surface area contributed by atoms with E-state index in [9.17, 15) is 14.4 Å². The first kappa shape index (κ1) is 13.8. The summed E-state index contributed by atoms with van der Waals surface area (Å²) in [6.07, 6.45) is 2.19. The molecule has 3 amide bonds. The minimum absolute atomic E-state index is 0.221. The second kappa shape index (κ2) is 5.29. The normalized spacial score (nSPS) is 20.8. The molecule has 1 aromatic carbocycles. The molecular weight excluding hydrogens is 270 g/mol. The lowest BCUT2D eigenvalue weighted by Crippen LogP contribution is -2.37. The molecule has 0 aromatic heterocycles. The summed E-state index contributed by atoms with van der Waals surface area (Å²) in [5, 5.41) is 6.16. The van der Waals surface area contributed by atoms with Crippen molar-refractivity contribution < 1.29 is 14.4 Å². The lowest BCUT2D eigenvalue weighted by Gasteiger charge is -2.11. The van der Waals surface area contributed by atoms with Gasteiger partial charge in [0.1, 0.15) is 0 Å². The molecule has 1 fully saturated rings. The van der Waals surface area contributed by atoms with Gasteiger partial charge in [-0.1, -0.05) is 0 Å². The van der Waals surface area contributed by atoms with Crippen LogP contribution in [-0.4, -0.2) is 48.8 Å². The number of hydrogen-bond acceptors (Lipinski definition) is 4. The lowest BCUT2D eigenvalue weighted by atomic mass is 10.1. The number of fused-ring (bicyclic) bond motifs is 1. The van der Waals surface area contributed by atoms with Crippen molar-refractivity contribution in [1.29, 1.82) is 0 Å². The Labute approximate surface area is 122 Å². The van der Waals surface area contributed by atoms with Crippen LogP contribution >= 0.6 is 0 Å². The molecule has 2 aliphatic heterocycles. The Balaban J connectivity index is 1.73. The molecule has 1 atom stereocenters. The third-order valence-corrected chi connectivity index (χ3v) is 4.02. The van der Waals surface area contributed by atoms with Crippen molar-refractivity contribution in [3.8, 4) is 0 Å². The van der Waals surface area contributed by atoms with Crippen LogP contribution in [-0.2, 0) is 0 Å². The highest BCUT2D eigenvalue weighted by Gasteiger charge is 2.33. The Morgan fingerprint density at radius 2 is 2.10 bits per heavy atom. The zero-order valence-corrected chi connectivity index (χ0v) is 11.8. The first-order valence-corrected chi connectivity index (χ1v) is 7.06. The van der Waals surface area contributed by atoms with Crippen LogP contribution in [0.3, 0.4) is 0 Å². The van der Waals surface area contributed by atoms with E-state index >= 15 is 0 Å². The third-order valence-electron chi connectivity index (χ3n) is 4.02. The average molecular weight is 287 g/mol. The molecule has 0 saturated carbocycles. The number of amides is 3. The summed E-state index contributed by atoms with van der Waals surface area (Å²) in [6.45, 7) is 1.56. The molecule has 21 heavy (non-hydrogen) atoms. The first-order chi connectivity index (χ1) is 10.1. The van der Waals surface area contributed by atoms with Gasteiger partial charge in [-0.3, -0.25) is 19.3 Å². The third kappa shape index (κ3) is 2.42. The molecule has 2 N–H and O–H groups in total. The topological polar surface area (TPSA) is 78.5 Å². The molecule has 2 heterocycles. The largest absolute Gasteiger partial charge is 0.350 e. The summed E-state index contributed by atoms with van der Waals surface area (Å²) < 4.78 is 0. The molecule has 0 bridgehead atoms. The fraction of sp³-hybridized carbons (Fsp3) is 0.400. The molecule has 1 aromatic rings. The molecular formula is C15H17N3O3. The van der Waals surface area contributed by atoms with Crippen LogP contribution in [0.1, 0.15) is 43.9 Å². The predicted molar refractivity (Wildman–Crippen MR) is 76.2 cm³/mol. The molecule has 0 radical (unpaired) electrons. The Hall–Kier alpha value is -2.21. The summed E-state index contributed by atoms with van der Waals surface area (Å²) in [7, 11) is 1.44. The minimum Gasteiger partial charge on any atom is -0.350 e. The molecule has 1 unspecified atom stereocenters. The van der Waals surface area contributed by atoms with Crippen LogP contribution in [0.15, 0.2) is 18.2 Å². The van der Waals surface area contributed by atoms with E-state index in [1.54, 1.807) is 12.1 Å². The monoisotopic (exact) mass is 287 g/mol. The number of hydrogen-bond donors (Lipinski definition) is 2. The van der Waals surface area contributed by atoms with Gasteiger partial charge in [0.15, 0.2) is 0 Å². The maximum atomic E-state index is 12.1. The smallest absolute Gasteiger partial charge is 0.261 e. The van der Waals surface area contributed by atoms with Crippen LogP contribution in [0.25, 0.3) is 0 Å². The second-order valence-electron chi connectivity index (χ2n) is 5.43. The second-order valence-corrected chi connectivity index (χ2v) is 5.43. The number of carbonyl (C=O) groups is 3. The van der Waals surface area contributed by atoms with Crippen LogP contribution < -0.4 is 10.6 Å². The van der Waals surface area contributed by atoms with Gasteiger partial charge < -0.3 is 10.6 Å². The summed E-state index contributed by atoms with van der Waals surface area (Å²) in [4.78, 5) is 36.9. The van der Waals surface area contributed by atoms with E-state index in [1.165, 1.54) is 13.1 Å². The van der Waals surface area contributed by atoms with E-state index in [-0.39, 0.29) is 17.7 Å². The minimum atomic E-state index is -0.359. The molecule has 0 aliphatic carbocycles. The van der Waals surface area contributed by atoms with Crippen molar-refractivity contribution in [2.24, 2.45) is 0 Å². The number of nitrogens with zero attached hydrogens (tertiary/aromatic N) is 1. The standard InChI is InChI=1S/C15H17N3O3/c1-18-14(20)11-5-4-9(7-12(11)15(18)21)13(19)17-8-10-3-2-6-16-10/h4-5,7,10,16H,2-3,6,8H2,1H3,(H,17,19). The predicted octanol–water partition coefficient (Wildman–Crippen LogP) is 0.394. The molecule has 110 valence electrons. The van der Waals surface area contributed by atoms with E-state index < -0.39 is 0 Å². The van der Waals surface area contributed by atoms with Crippen LogP contribution in [0.5, 0.6) is 0 Å². The number of carbonyl (C=O) groups excluding carboxylic acids is 3. The van der Waals surface area contributed by atoms with Crippen LogP contribution in [0, 0.1) is 0 Å². The molecule has 3 rings (SSSR count). The van der Waals surface area contributed by atoms with Crippen LogP contribution in [0.2, 0.25) is 0 Å². The van der Waals surface area contributed by atoms with Gasteiger partial charge in [0.05, 0.1) is 11.1 Å². The van der Waals surface area contributed by atoms with Gasteiger partial charge >= 0.3 is 0 Å². The van der Waals surface area contributed by atoms with E-state index in [2.05, 4.69) is 10.6 Å². The van der Waals surface area contributed by atoms with E-state index in [4.69, 9.17) is 0 Å². The van der Waals surface area contributed by atoms with Crippen molar-refractivity contribution in [2.45, 2.75) is 18.9 Å². The summed E-state index contributed by atoms with van der Waals surface area (Å²) in [5.74, 6) is -0.902. The number of rotatable bonds is 3. The van der Waals surface area contributed by atoms with Crippen molar-refractivity contribution >= 4 is 17.7 Å². The highest BCUT2D eigenvalue weighted by Crippen LogP contribution is 2.22. The van der Waals surface area contributed by atoms with Gasteiger partial charge in [0, 0.05) is 25.2 Å². The van der Waals surface area contributed by atoms with Crippen molar-refractivity contribution in [2.75, 3.05) is 20.1 Å². The molecule has 0 spiro atoms. The average Bonchev–Trinajstić information content (AvgIpc) is 3.09. The Morgan fingerprint density at radius 3 is 2.81 bits per heavy atom. The zero-order valence-electron chi connectivity index (χ0n) is 11.8. The van der Waals surface area contributed by atoms with Gasteiger partial charge in [-0.15, -0.1) is 0 Å². The Bertz CT molecular complexity index is 621. The van der Waals surface area contributed by atoms with Gasteiger partial charge in [-0.2, -0.15) is 0 Å². The fourth-order valence-corrected chi connectivity index (χ4v) is 2.75. The summed E-state index contributed by atoms with van der Waals surface area (Å²) in [6, 6.07) is 4.94. The maximum absolute atomic E-state index is 12.1. The quantitative estimate of drug-likeness (QED) is 0.789. The Morgan fingerprint density at radius 1 is 1.33 bits per heavy atom. The molecule has 1 saturated heterocycles. The summed E-state index contributed by atoms with van der Waals surface area (Å²) in [5.41, 5.74) is 1.06. The Kier molecular flexibility index (Phi) is 3.47. The molecule has 2 aliphatic rings. The SMILES string of the molecule is CN1C(=O)c2ccc(C(=O)NCC3CCCN3)cc2C1=O. The highest BCUT2D eigenvalue weighted by molar-refractivity contribution is 6.21. The number of benzene rings is 1. The van der Waals surface area contributed by atoms with Crippen molar-refractivity contribution in [3.63, 3.8) is 0 Å². The number of imide groups is 1. The van der Waals surface area contributed by atoms with Gasteiger partial charge in [-0.25, -0.2) is 0 Å². The van der Waals surface area contributed by atoms with E-state index in [0.29, 0.717) is 29.3 Å². The fourth-order valence-electron chi connectivity index (χ4n) is 2.75. The zero-order chi connectivity index (χ0) is 15.0. The van der Waals surface area contributed by atoms with Gasteiger partial charge in [0.2, 0.25) is 0 Å². The van der Waals surface area contributed by atoms with Crippen molar-refractivity contribution in [3.05, 3.63) is 34.9 Å². The summed E-state index contributed by atoms with van der Waals surface area (Å²) >= 11 is 0. The first-order valence-electron chi connectivity index (χ1n) is 7.06. The van der Waals surface area contributed by atoms with Gasteiger partial charge in [-0.05, 0) is 37.6 Å². The van der Waals surface area contributed by atoms with Crippen molar-refractivity contribution in [1.82, 2.24) is 15.5 Å². The maximum Gasteiger partial charge on any atom is 0.261 e. The molecule has 6 heteroatoms. The number of nitrogens with one attached hydrogen (secondary N) is 2. The van der Waals surface area contributed by atoms with E-state index in [1.807, 2.05) is 0 Å². The van der Waals surface area contributed by atoms with Crippen LogP contribution in [0.4, 0.5) is 0 Å².